The number of hydrogen-bond donors (Lipinski definition) is 2. The maximum absolute atomic E-state index is 12.6. The number of anilines is 1. The number of nitrogens with one attached hydrogen (secondary N) is 2. The molecule has 2 aromatic heterocycles. The van der Waals surface area contributed by atoms with Gasteiger partial charge in [-0.2, -0.15) is 0 Å². The second-order valence-electron chi connectivity index (χ2n) is 5.38. The van der Waals surface area contributed by atoms with Crippen molar-refractivity contribution in [2.24, 2.45) is 0 Å². The highest BCUT2D eigenvalue weighted by Crippen LogP contribution is 2.30. The zero-order chi connectivity index (χ0) is 16.8. The van der Waals surface area contributed by atoms with E-state index < -0.39 is 0 Å². The number of carbonyl (C=O) groups is 1. The summed E-state index contributed by atoms with van der Waals surface area (Å²) in [4.78, 5) is 20.0. The molecule has 0 aliphatic heterocycles. The Balaban J connectivity index is 1.69. The van der Waals surface area contributed by atoms with Crippen LogP contribution in [0.5, 0.6) is 0 Å². The van der Waals surface area contributed by atoms with Gasteiger partial charge in [-0.3, -0.25) is 4.79 Å². The number of fused-ring (bicyclic) bond motifs is 2. The number of aryl methyl sites for hydroxylation is 1. The second-order valence-corrected chi connectivity index (χ2v) is 7.09. The van der Waals surface area contributed by atoms with Crippen molar-refractivity contribution in [3.63, 3.8) is 0 Å². The highest BCUT2D eigenvalue weighted by atomic mass is 79.9. The number of aromatic nitrogens is 2. The average Bonchev–Trinajstić information content (AvgIpc) is 3.09. The molecule has 0 saturated heterocycles. The van der Waals surface area contributed by atoms with Crippen LogP contribution in [0.4, 0.5) is 5.69 Å². The Morgan fingerprint density at radius 1 is 1.21 bits per heavy atom. The number of H-pyrrole nitrogens is 1. The molecule has 2 heterocycles. The van der Waals surface area contributed by atoms with E-state index in [0.717, 1.165) is 25.4 Å². The number of oxazole rings is 1. The van der Waals surface area contributed by atoms with Crippen molar-refractivity contribution < 1.29 is 9.21 Å². The maximum Gasteiger partial charge on any atom is 0.257 e. The smallest absolute Gasteiger partial charge is 0.257 e. The minimum Gasteiger partial charge on any atom is -0.441 e. The molecule has 0 aliphatic rings. The molecule has 7 heteroatoms. The van der Waals surface area contributed by atoms with Gasteiger partial charge in [-0.1, -0.05) is 0 Å². The van der Waals surface area contributed by atoms with Crippen LogP contribution >= 0.6 is 31.9 Å². The number of halogens is 2. The van der Waals surface area contributed by atoms with Crippen LogP contribution in [-0.4, -0.2) is 15.9 Å². The molecule has 5 nitrogen and oxygen atoms in total. The number of amides is 1. The quantitative estimate of drug-likeness (QED) is 0.431. The molecule has 1 amide bonds. The minimum absolute atomic E-state index is 0.185. The van der Waals surface area contributed by atoms with E-state index in [4.69, 9.17) is 4.42 Å². The van der Waals surface area contributed by atoms with E-state index in [-0.39, 0.29) is 5.91 Å². The number of nitrogens with zero attached hydrogens (tertiary/aromatic N) is 1. The van der Waals surface area contributed by atoms with Gasteiger partial charge in [0.1, 0.15) is 5.52 Å². The molecule has 0 atom stereocenters. The Bertz CT molecular complexity index is 1100. The first-order chi connectivity index (χ1) is 11.5. The van der Waals surface area contributed by atoms with Crippen LogP contribution in [0.25, 0.3) is 22.0 Å². The average molecular weight is 449 g/mol. The third kappa shape index (κ3) is 2.63. The lowest BCUT2D eigenvalue weighted by molar-refractivity contribution is 0.102. The van der Waals surface area contributed by atoms with Gasteiger partial charge in [-0.25, -0.2) is 4.98 Å². The Morgan fingerprint density at radius 3 is 2.83 bits per heavy atom. The maximum atomic E-state index is 12.6. The highest BCUT2D eigenvalue weighted by molar-refractivity contribution is 9.13. The summed E-state index contributed by atoms with van der Waals surface area (Å²) in [6.07, 6.45) is 1.71. The van der Waals surface area contributed by atoms with Crippen LogP contribution in [0, 0.1) is 6.92 Å². The summed E-state index contributed by atoms with van der Waals surface area (Å²) in [6.45, 7) is 1.79. The standard InChI is InChI=1S/C17H11Br2N3O2/c1-8-21-15-4-9(2-3-16(15)24-8)22-17(23)11-7-20-14-6-13(19)12(18)5-10(11)14/h2-7,20H,1H3,(H,22,23). The summed E-state index contributed by atoms with van der Waals surface area (Å²) < 4.78 is 7.26. The fourth-order valence-corrected chi connectivity index (χ4v) is 3.31. The lowest BCUT2D eigenvalue weighted by atomic mass is 10.1. The SMILES string of the molecule is Cc1nc2cc(NC(=O)c3c[nH]c4cc(Br)c(Br)cc34)ccc2o1. The van der Waals surface area contributed by atoms with E-state index in [1.165, 1.54) is 0 Å². The van der Waals surface area contributed by atoms with Crippen LogP contribution < -0.4 is 5.32 Å². The van der Waals surface area contributed by atoms with E-state index in [1.807, 2.05) is 12.1 Å². The Morgan fingerprint density at radius 2 is 2.00 bits per heavy atom. The molecule has 2 aromatic carbocycles. The van der Waals surface area contributed by atoms with Gasteiger partial charge in [-0.15, -0.1) is 0 Å². The van der Waals surface area contributed by atoms with E-state index in [9.17, 15) is 4.79 Å². The van der Waals surface area contributed by atoms with Crippen molar-refractivity contribution in [1.29, 1.82) is 0 Å². The molecule has 0 fully saturated rings. The van der Waals surface area contributed by atoms with Crippen LogP contribution in [0.3, 0.4) is 0 Å². The molecule has 0 radical (unpaired) electrons. The van der Waals surface area contributed by atoms with Crippen LogP contribution in [0.1, 0.15) is 16.2 Å². The van der Waals surface area contributed by atoms with Gasteiger partial charge in [0.05, 0.1) is 5.56 Å². The predicted octanol–water partition coefficient (Wildman–Crippen LogP) is 5.39. The first kappa shape index (κ1) is 15.4. The monoisotopic (exact) mass is 447 g/mol. The topological polar surface area (TPSA) is 70.9 Å². The van der Waals surface area contributed by atoms with Gasteiger partial charge in [0, 0.05) is 38.7 Å². The van der Waals surface area contributed by atoms with E-state index in [1.54, 1.807) is 31.3 Å². The normalized spacial score (nSPS) is 11.3. The Hall–Kier alpha value is -2.12. The molecule has 0 bridgehead atoms. The fourth-order valence-electron chi connectivity index (χ4n) is 2.62. The molecule has 2 N–H and O–H groups in total. The zero-order valence-electron chi connectivity index (χ0n) is 12.5. The molecule has 24 heavy (non-hydrogen) atoms. The number of hydrogen-bond acceptors (Lipinski definition) is 3. The van der Waals surface area contributed by atoms with Crippen molar-refractivity contribution in [2.75, 3.05) is 5.32 Å². The third-order valence-corrected chi connectivity index (χ3v) is 5.56. The van der Waals surface area contributed by atoms with Crippen molar-refractivity contribution in [3.05, 3.63) is 56.9 Å². The summed E-state index contributed by atoms with van der Waals surface area (Å²) in [5, 5.41) is 3.75. The third-order valence-electron chi connectivity index (χ3n) is 3.72. The van der Waals surface area contributed by atoms with Crippen molar-refractivity contribution in [2.45, 2.75) is 6.92 Å². The molecule has 0 unspecified atom stereocenters. The fraction of sp³-hybridized carbons (Fsp3) is 0.0588. The van der Waals surface area contributed by atoms with Gasteiger partial charge >= 0.3 is 0 Å². The van der Waals surface area contributed by atoms with Crippen molar-refractivity contribution in [3.8, 4) is 0 Å². The first-order valence-corrected chi connectivity index (χ1v) is 8.74. The van der Waals surface area contributed by atoms with Gasteiger partial charge < -0.3 is 14.7 Å². The highest BCUT2D eigenvalue weighted by Gasteiger charge is 2.14. The molecule has 120 valence electrons. The number of aromatic amines is 1. The number of carbonyl (C=O) groups excluding carboxylic acids is 1. The van der Waals surface area contributed by atoms with E-state index >= 15 is 0 Å². The van der Waals surface area contributed by atoms with Gasteiger partial charge in [0.25, 0.3) is 5.91 Å². The molecule has 0 spiro atoms. The van der Waals surface area contributed by atoms with Gasteiger partial charge in [0.2, 0.25) is 0 Å². The summed E-state index contributed by atoms with van der Waals surface area (Å²) in [7, 11) is 0. The number of benzene rings is 2. The van der Waals surface area contributed by atoms with Crippen molar-refractivity contribution in [1.82, 2.24) is 9.97 Å². The van der Waals surface area contributed by atoms with Crippen LogP contribution in [0.15, 0.2) is 49.9 Å². The summed E-state index contributed by atoms with van der Waals surface area (Å²) in [5.41, 5.74) is 3.56. The largest absolute Gasteiger partial charge is 0.441 e. The van der Waals surface area contributed by atoms with Crippen molar-refractivity contribution >= 4 is 65.5 Å². The molecular formula is C17H11Br2N3O2. The minimum atomic E-state index is -0.185. The summed E-state index contributed by atoms with van der Waals surface area (Å²) >= 11 is 6.93. The summed E-state index contributed by atoms with van der Waals surface area (Å²) in [5.74, 6) is 0.413. The second kappa shape index (κ2) is 5.75. The van der Waals surface area contributed by atoms with Crippen LogP contribution in [-0.2, 0) is 0 Å². The van der Waals surface area contributed by atoms with Gasteiger partial charge in [-0.05, 0) is 62.2 Å². The first-order valence-electron chi connectivity index (χ1n) is 7.16. The summed E-state index contributed by atoms with van der Waals surface area (Å²) in [6, 6.07) is 9.24. The molecule has 4 rings (SSSR count). The molecule has 4 aromatic rings. The lowest BCUT2D eigenvalue weighted by Crippen LogP contribution is -2.11. The molecular weight excluding hydrogens is 438 g/mol. The molecule has 0 aliphatic carbocycles. The van der Waals surface area contributed by atoms with Gasteiger partial charge in [0.15, 0.2) is 11.5 Å². The predicted molar refractivity (Wildman–Crippen MR) is 100 cm³/mol. The molecule has 0 saturated carbocycles. The van der Waals surface area contributed by atoms with E-state index in [0.29, 0.717) is 22.7 Å². The van der Waals surface area contributed by atoms with Crippen LogP contribution in [0.2, 0.25) is 0 Å². The Kier molecular flexibility index (Phi) is 3.69. The lowest BCUT2D eigenvalue weighted by Gasteiger charge is -2.04. The Labute approximate surface area is 153 Å². The zero-order valence-corrected chi connectivity index (χ0v) is 15.7. The van der Waals surface area contributed by atoms with E-state index in [2.05, 4.69) is 47.1 Å². The number of rotatable bonds is 2.